The van der Waals surface area contributed by atoms with Crippen molar-refractivity contribution in [2.45, 2.75) is 38.1 Å². The fourth-order valence-electron chi connectivity index (χ4n) is 3.86. The largest absolute Gasteiger partial charge is 0.385 e. The number of fused-ring (bicyclic) bond motifs is 1. The number of benzene rings is 2. The number of hydrogen-bond acceptors (Lipinski definition) is 3. The molecular weight excluding hydrogens is 322 g/mol. The van der Waals surface area contributed by atoms with Gasteiger partial charge in [0, 0.05) is 36.5 Å². The van der Waals surface area contributed by atoms with Crippen molar-refractivity contribution in [1.82, 2.24) is 5.32 Å². The minimum Gasteiger partial charge on any atom is -0.385 e. The molecule has 0 atom stereocenters. The number of carbonyl (C=O) groups is 1. The molecule has 2 aliphatic rings. The molecule has 134 valence electrons. The van der Waals surface area contributed by atoms with Gasteiger partial charge in [0.2, 0.25) is 0 Å². The Kier molecular flexibility index (Phi) is 5.00. The van der Waals surface area contributed by atoms with Crippen LogP contribution in [0.15, 0.2) is 53.5 Å². The van der Waals surface area contributed by atoms with Crippen molar-refractivity contribution in [1.29, 1.82) is 0 Å². The first kappa shape index (κ1) is 16.8. The quantitative estimate of drug-likeness (QED) is 0.845. The monoisotopic (exact) mass is 347 g/mol. The molecule has 2 N–H and O–H groups in total. The SMILES string of the molecule is O=C(N[C@H]1CC[C@H](CNc2ccccc2)CC1)c1ccc2c(c1)CC=N2. The van der Waals surface area contributed by atoms with Gasteiger partial charge in [0.05, 0.1) is 5.69 Å². The Morgan fingerprint density at radius 3 is 2.65 bits per heavy atom. The van der Waals surface area contributed by atoms with E-state index in [1.165, 1.54) is 5.69 Å². The molecule has 4 rings (SSSR count). The molecule has 4 nitrogen and oxygen atoms in total. The van der Waals surface area contributed by atoms with Crippen LogP contribution in [-0.2, 0) is 6.42 Å². The van der Waals surface area contributed by atoms with Crippen LogP contribution in [0.3, 0.4) is 0 Å². The number of aliphatic imine (C=N–C) groups is 1. The molecule has 0 saturated heterocycles. The highest BCUT2D eigenvalue weighted by Gasteiger charge is 2.23. The van der Waals surface area contributed by atoms with Crippen LogP contribution in [-0.4, -0.2) is 24.7 Å². The van der Waals surface area contributed by atoms with Crippen molar-refractivity contribution < 1.29 is 4.79 Å². The molecule has 0 aromatic heterocycles. The summed E-state index contributed by atoms with van der Waals surface area (Å²) in [4.78, 5) is 16.8. The van der Waals surface area contributed by atoms with Crippen molar-refractivity contribution >= 4 is 23.5 Å². The van der Waals surface area contributed by atoms with Crippen molar-refractivity contribution in [3.05, 3.63) is 59.7 Å². The molecule has 1 amide bonds. The van der Waals surface area contributed by atoms with E-state index >= 15 is 0 Å². The standard InChI is InChI=1S/C22H25N3O/c26-22(18-8-11-21-17(14-18)12-13-23-21)25-20-9-6-16(7-10-20)15-24-19-4-2-1-3-5-19/h1-5,8,11,13-14,16,20,24H,6-7,9-10,12,15H2,(H,25,26)/t16-,20-. The third-order valence-corrected chi connectivity index (χ3v) is 5.43. The van der Waals surface area contributed by atoms with Crippen molar-refractivity contribution in [3.63, 3.8) is 0 Å². The topological polar surface area (TPSA) is 53.5 Å². The predicted octanol–water partition coefficient (Wildman–Crippen LogP) is 4.35. The zero-order chi connectivity index (χ0) is 17.8. The van der Waals surface area contributed by atoms with E-state index in [9.17, 15) is 4.79 Å². The van der Waals surface area contributed by atoms with Gasteiger partial charge in [-0.15, -0.1) is 0 Å². The van der Waals surface area contributed by atoms with Gasteiger partial charge in [0.25, 0.3) is 5.91 Å². The molecule has 1 saturated carbocycles. The lowest BCUT2D eigenvalue weighted by molar-refractivity contribution is 0.0922. The van der Waals surface area contributed by atoms with Crippen LogP contribution >= 0.6 is 0 Å². The smallest absolute Gasteiger partial charge is 0.251 e. The van der Waals surface area contributed by atoms with Gasteiger partial charge in [0.15, 0.2) is 0 Å². The summed E-state index contributed by atoms with van der Waals surface area (Å²) in [6.45, 7) is 1.01. The van der Waals surface area contributed by atoms with Crippen LogP contribution in [0.25, 0.3) is 0 Å². The minimum atomic E-state index is 0.0468. The normalized spacial score (nSPS) is 21.2. The number of para-hydroxylation sites is 1. The van der Waals surface area contributed by atoms with Crippen molar-refractivity contribution in [2.24, 2.45) is 10.9 Å². The summed E-state index contributed by atoms with van der Waals surface area (Å²) in [5.74, 6) is 0.728. The Morgan fingerprint density at radius 2 is 1.85 bits per heavy atom. The van der Waals surface area contributed by atoms with E-state index < -0.39 is 0 Å². The molecule has 4 heteroatoms. The van der Waals surface area contributed by atoms with Crippen LogP contribution in [0.5, 0.6) is 0 Å². The lowest BCUT2D eigenvalue weighted by atomic mass is 9.86. The van der Waals surface area contributed by atoms with E-state index in [1.807, 2.05) is 30.5 Å². The maximum absolute atomic E-state index is 12.5. The summed E-state index contributed by atoms with van der Waals surface area (Å²) in [5, 5.41) is 6.74. The second kappa shape index (κ2) is 7.73. The summed E-state index contributed by atoms with van der Waals surface area (Å²) in [6, 6.07) is 16.5. The summed E-state index contributed by atoms with van der Waals surface area (Å²) in [5.41, 5.74) is 4.08. The Morgan fingerprint density at radius 1 is 1.04 bits per heavy atom. The fraction of sp³-hybridized carbons (Fsp3) is 0.364. The number of anilines is 1. The molecule has 1 aliphatic heterocycles. The maximum atomic E-state index is 12.5. The maximum Gasteiger partial charge on any atom is 0.251 e. The third kappa shape index (κ3) is 3.96. The lowest BCUT2D eigenvalue weighted by Crippen LogP contribution is -2.38. The van der Waals surface area contributed by atoms with Crippen LogP contribution in [0.4, 0.5) is 11.4 Å². The van der Waals surface area contributed by atoms with Gasteiger partial charge >= 0.3 is 0 Å². The van der Waals surface area contributed by atoms with Gasteiger partial charge in [-0.2, -0.15) is 0 Å². The molecule has 1 fully saturated rings. The molecule has 1 aliphatic carbocycles. The summed E-state index contributed by atoms with van der Waals surface area (Å²) < 4.78 is 0. The van der Waals surface area contributed by atoms with E-state index in [-0.39, 0.29) is 5.91 Å². The number of nitrogens with one attached hydrogen (secondary N) is 2. The van der Waals surface area contributed by atoms with Gasteiger partial charge in [-0.25, -0.2) is 0 Å². The third-order valence-electron chi connectivity index (χ3n) is 5.43. The summed E-state index contributed by atoms with van der Waals surface area (Å²) in [6.07, 6.45) is 7.15. The van der Waals surface area contributed by atoms with Gasteiger partial charge in [-0.3, -0.25) is 9.79 Å². The highest BCUT2D eigenvalue weighted by molar-refractivity contribution is 5.95. The van der Waals surface area contributed by atoms with E-state index in [1.54, 1.807) is 0 Å². The highest BCUT2D eigenvalue weighted by Crippen LogP contribution is 2.27. The summed E-state index contributed by atoms with van der Waals surface area (Å²) >= 11 is 0. The predicted molar refractivity (Wildman–Crippen MR) is 106 cm³/mol. The zero-order valence-electron chi connectivity index (χ0n) is 14.9. The number of amides is 1. The van der Waals surface area contributed by atoms with Crippen LogP contribution < -0.4 is 10.6 Å². The molecule has 0 radical (unpaired) electrons. The first-order chi connectivity index (χ1) is 12.8. The molecule has 0 spiro atoms. The van der Waals surface area contributed by atoms with Gasteiger partial charge in [-0.1, -0.05) is 18.2 Å². The highest BCUT2D eigenvalue weighted by atomic mass is 16.1. The second-order valence-corrected chi connectivity index (χ2v) is 7.30. The molecule has 1 heterocycles. The van der Waals surface area contributed by atoms with E-state index in [4.69, 9.17) is 0 Å². The van der Waals surface area contributed by atoms with Crippen LogP contribution in [0.2, 0.25) is 0 Å². The van der Waals surface area contributed by atoms with Crippen LogP contribution in [0.1, 0.15) is 41.6 Å². The Balaban J connectivity index is 1.24. The van der Waals surface area contributed by atoms with Crippen molar-refractivity contribution in [3.8, 4) is 0 Å². The number of nitrogens with zero attached hydrogens (tertiary/aromatic N) is 1. The van der Waals surface area contributed by atoms with Crippen LogP contribution in [0, 0.1) is 5.92 Å². The van der Waals surface area contributed by atoms with E-state index in [0.717, 1.165) is 55.5 Å². The molecule has 2 aromatic carbocycles. The van der Waals surface area contributed by atoms with E-state index in [0.29, 0.717) is 12.0 Å². The minimum absolute atomic E-state index is 0.0468. The zero-order valence-corrected chi connectivity index (χ0v) is 14.9. The molecule has 2 aromatic rings. The van der Waals surface area contributed by atoms with Crippen molar-refractivity contribution in [2.75, 3.05) is 11.9 Å². The summed E-state index contributed by atoms with van der Waals surface area (Å²) in [7, 11) is 0. The number of hydrogen-bond donors (Lipinski definition) is 2. The molecule has 0 unspecified atom stereocenters. The van der Waals surface area contributed by atoms with E-state index in [2.05, 4.69) is 39.9 Å². The fourth-order valence-corrected chi connectivity index (χ4v) is 3.86. The lowest BCUT2D eigenvalue weighted by Gasteiger charge is -2.29. The molecule has 26 heavy (non-hydrogen) atoms. The Labute approximate surface area is 154 Å². The molecular formula is C22H25N3O. The average molecular weight is 347 g/mol. The Bertz CT molecular complexity index is 792. The first-order valence-electron chi connectivity index (χ1n) is 9.53. The molecule has 0 bridgehead atoms. The average Bonchev–Trinajstić information content (AvgIpc) is 3.16. The van der Waals surface area contributed by atoms with Gasteiger partial charge < -0.3 is 10.6 Å². The van der Waals surface area contributed by atoms with Gasteiger partial charge in [0.1, 0.15) is 0 Å². The number of rotatable bonds is 5. The number of carbonyl (C=O) groups excluding carboxylic acids is 1. The first-order valence-corrected chi connectivity index (χ1v) is 9.53. The second-order valence-electron chi connectivity index (χ2n) is 7.30. The van der Waals surface area contributed by atoms with Gasteiger partial charge in [-0.05, 0) is 67.5 Å². The Hall–Kier alpha value is -2.62.